The van der Waals surface area contributed by atoms with Gasteiger partial charge >= 0.3 is 6.09 Å². The molecule has 0 bridgehead atoms. The van der Waals surface area contributed by atoms with Crippen molar-refractivity contribution in [3.05, 3.63) is 29.0 Å². The summed E-state index contributed by atoms with van der Waals surface area (Å²) in [7, 11) is 0. The van der Waals surface area contributed by atoms with Crippen molar-refractivity contribution < 1.29 is 13.9 Å². The van der Waals surface area contributed by atoms with Crippen LogP contribution in [-0.2, 0) is 4.74 Å². The second kappa shape index (κ2) is 6.10. The molecule has 0 unspecified atom stereocenters. The standard InChI is InChI=1S/C15H20ClFN2O2/c1-15(2,3)21-14(20)19-8-6-18(7-9-19)11-4-5-13(17)12(16)10-11/h4-5,10H,6-9H2,1-3H3. The van der Waals surface area contributed by atoms with E-state index in [9.17, 15) is 9.18 Å². The molecule has 1 aliphatic rings. The Morgan fingerprint density at radius 1 is 1.24 bits per heavy atom. The summed E-state index contributed by atoms with van der Waals surface area (Å²) in [5.74, 6) is -0.423. The number of carbonyl (C=O) groups excluding carboxylic acids is 1. The molecule has 1 aromatic rings. The molecule has 1 aliphatic heterocycles. The third kappa shape index (κ3) is 4.24. The van der Waals surface area contributed by atoms with Gasteiger partial charge in [-0.15, -0.1) is 0 Å². The van der Waals surface area contributed by atoms with Crippen LogP contribution in [0.15, 0.2) is 18.2 Å². The molecule has 4 nitrogen and oxygen atoms in total. The fourth-order valence-electron chi connectivity index (χ4n) is 2.16. The molecule has 0 atom stereocenters. The lowest BCUT2D eigenvalue weighted by atomic mass is 10.2. The van der Waals surface area contributed by atoms with Crippen molar-refractivity contribution in [2.24, 2.45) is 0 Å². The second-order valence-electron chi connectivity index (χ2n) is 6.05. The summed E-state index contributed by atoms with van der Waals surface area (Å²) in [5, 5.41) is 0.113. The molecule has 1 heterocycles. The number of nitrogens with zero attached hydrogens (tertiary/aromatic N) is 2. The first-order chi connectivity index (χ1) is 9.76. The quantitative estimate of drug-likeness (QED) is 0.795. The minimum Gasteiger partial charge on any atom is -0.444 e. The molecule has 1 aromatic carbocycles. The molecule has 2 rings (SSSR count). The first kappa shape index (κ1) is 15.9. The molecular formula is C15H20ClFN2O2. The van der Waals surface area contributed by atoms with E-state index < -0.39 is 11.4 Å². The van der Waals surface area contributed by atoms with Crippen molar-refractivity contribution in [3.63, 3.8) is 0 Å². The summed E-state index contributed by atoms with van der Waals surface area (Å²) in [6.45, 7) is 8.03. The molecular weight excluding hydrogens is 295 g/mol. The maximum absolute atomic E-state index is 13.2. The van der Waals surface area contributed by atoms with Crippen molar-refractivity contribution >= 4 is 23.4 Å². The fraction of sp³-hybridized carbons (Fsp3) is 0.533. The Morgan fingerprint density at radius 3 is 2.38 bits per heavy atom. The Hall–Kier alpha value is -1.49. The highest BCUT2D eigenvalue weighted by atomic mass is 35.5. The maximum Gasteiger partial charge on any atom is 0.410 e. The summed E-state index contributed by atoms with van der Waals surface area (Å²) in [6.07, 6.45) is -0.292. The molecule has 0 N–H and O–H groups in total. The first-order valence-corrected chi connectivity index (χ1v) is 7.32. The summed E-state index contributed by atoms with van der Waals surface area (Å²) < 4.78 is 18.5. The van der Waals surface area contributed by atoms with Crippen molar-refractivity contribution in [2.45, 2.75) is 26.4 Å². The Labute approximate surface area is 129 Å². The average Bonchev–Trinajstić information content (AvgIpc) is 2.40. The van der Waals surface area contributed by atoms with E-state index in [0.29, 0.717) is 26.2 Å². The lowest BCUT2D eigenvalue weighted by molar-refractivity contribution is 0.0240. The number of amides is 1. The van der Waals surface area contributed by atoms with E-state index in [4.69, 9.17) is 16.3 Å². The van der Waals surface area contributed by atoms with E-state index in [1.54, 1.807) is 17.0 Å². The Balaban J connectivity index is 1.94. The van der Waals surface area contributed by atoms with Gasteiger partial charge in [-0.25, -0.2) is 9.18 Å². The van der Waals surface area contributed by atoms with E-state index in [-0.39, 0.29) is 11.1 Å². The molecule has 116 valence electrons. The fourth-order valence-corrected chi connectivity index (χ4v) is 2.33. The number of anilines is 1. The summed E-state index contributed by atoms with van der Waals surface area (Å²) in [5.41, 5.74) is 0.379. The third-order valence-corrected chi connectivity index (χ3v) is 3.49. The van der Waals surface area contributed by atoms with Crippen molar-refractivity contribution in [3.8, 4) is 0 Å². The highest BCUT2D eigenvalue weighted by Crippen LogP contribution is 2.24. The molecule has 0 aromatic heterocycles. The normalized spacial score (nSPS) is 16.0. The van der Waals surface area contributed by atoms with Gasteiger partial charge in [0.15, 0.2) is 0 Å². The Morgan fingerprint density at radius 2 is 1.86 bits per heavy atom. The van der Waals surface area contributed by atoms with Crippen LogP contribution in [0.1, 0.15) is 20.8 Å². The zero-order valence-corrected chi connectivity index (χ0v) is 13.3. The van der Waals surface area contributed by atoms with Gasteiger partial charge in [-0.1, -0.05) is 11.6 Å². The number of ether oxygens (including phenoxy) is 1. The molecule has 0 spiro atoms. The van der Waals surface area contributed by atoms with Crippen LogP contribution >= 0.6 is 11.6 Å². The number of halogens is 2. The van der Waals surface area contributed by atoms with E-state index in [2.05, 4.69) is 4.90 Å². The van der Waals surface area contributed by atoms with Crippen LogP contribution in [0.5, 0.6) is 0 Å². The Kier molecular flexibility index (Phi) is 4.61. The average molecular weight is 315 g/mol. The zero-order valence-electron chi connectivity index (χ0n) is 12.5. The monoisotopic (exact) mass is 314 g/mol. The van der Waals surface area contributed by atoms with Gasteiger partial charge in [0.1, 0.15) is 11.4 Å². The highest BCUT2D eigenvalue weighted by Gasteiger charge is 2.26. The lowest BCUT2D eigenvalue weighted by Gasteiger charge is -2.36. The van der Waals surface area contributed by atoms with Gasteiger partial charge in [-0.2, -0.15) is 0 Å². The summed E-state index contributed by atoms with van der Waals surface area (Å²) >= 11 is 5.80. The number of piperazine rings is 1. The van der Waals surface area contributed by atoms with E-state index in [1.807, 2.05) is 20.8 Å². The molecule has 1 amide bonds. The number of hydrogen-bond acceptors (Lipinski definition) is 3. The number of carbonyl (C=O) groups is 1. The minimum atomic E-state index is -0.487. The van der Waals surface area contributed by atoms with Gasteiger partial charge in [0.25, 0.3) is 0 Å². The van der Waals surface area contributed by atoms with Gasteiger partial charge in [0, 0.05) is 31.9 Å². The molecule has 0 aliphatic carbocycles. The SMILES string of the molecule is CC(C)(C)OC(=O)N1CCN(c2ccc(F)c(Cl)c2)CC1. The van der Waals surface area contributed by atoms with Gasteiger partial charge in [0.05, 0.1) is 5.02 Å². The van der Waals surface area contributed by atoms with E-state index in [0.717, 1.165) is 5.69 Å². The third-order valence-electron chi connectivity index (χ3n) is 3.20. The maximum atomic E-state index is 13.2. The molecule has 0 radical (unpaired) electrons. The molecule has 21 heavy (non-hydrogen) atoms. The number of hydrogen-bond donors (Lipinski definition) is 0. The molecule has 1 fully saturated rings. The summed E-state index contributed by atoms with van der Waals surface area (Å²) in [6, 6.07) is 4.67. The van der Waals surface area contributed by atoms with Crippen molar-refractivity contribution in [2.75, 3.05) is 31.1 Å². The van der Waals surface area contributed by atoms with Crippen molar-refractivity contribution in [1.82, 2.24) is 4.90 Å². The van der Waals surface area contributed by atoms with Crippen LogP contribution in [0, 0.1) is 5.82 Å². The van der Waals surface area contributed by atoms with E-state index >= 15 is 0 Å². The highest BCUT2D eigenvalue weighted by molar-refractivity contribution is 6.31. The van der Waals surface area contributed by atoms with Crippen LogP contribution in [-0.4, -0.2) is 42.8 Å². The smallest absolute Gasteiger partial charge is 0.410 e. The van der Waals surface area contributed by atoms with Gasteiger partial charge < -0.3 is 14.5 Å². The predicted molar refractivity (Wildman–Crippen MR) is 81.4 cm³/mol. The van der Waals surface area contributed by atoms with Crippen LogP contribution in [0.25, 0.3) is 0 Å². The first-order valence-electron chi connectivity index (χ1n) is 6.94. The zero-order chi connectivity index (χ0) is 15.6. The van der Waals surface area contributed by atoms with Gasteiger partial charge in [-0.3, -0.25) is 0 Å². The number of benzene rings is 1. The van der Waals surface area contributed by atoms with Gasteiger partial charge in [0.2, 0.25) is 0 Å². The largest absolute Gasteiger partial charge is 0.444 e. The molecule has 6 heteroatoms. The Bertz CT molecular complexity index is 523. The van der Waals surface area contributed by atoms with Crippen LogP contribution in [0.4, 0.5) is 14.9 Å². The van der Waals surface area contributed by atoms with Crippen LogP contribution in [0.2, 0.25) is 5.02 Å². The molecule has 0 saturated carbocycles. The van der Waals surface area contributed by atoms with E-state index in [1.165, 1.54) is 6.07 Å². The minimum absolute atomic E-state index is 0.113. The van der Waals surface area contributed by atoms with Crippen LogP contribution < -0.4 is 4.90 Å². The lowest BCUT2D eigenvalue weighted by Crippen LogP contribution is -2.50. The van der Waals surface area contributed by atoms with Crippen molar-refractivity contribution in [1.29, 1.82) is 0 Å². The second-order valence-corrected chi connectivity index (χ2v) is 6.46. The van der Waals surface area contributed by atoms with Crippen LogP contribution in [0.3, 0.4) is 0 Å². The molecule has 1 saturated heterocycles. The predicted octanol–water partition coefficient (Wildman–Crippen LogP) is 3.54. The summed E-state index contributed by atoms with van der Waals surface area (Å²) in [4.78, 5) is 15.7. The van der Waals surface area contributed by atoms with Gasteiger partial charge in [-0.05, 0) is 39.0 Å². The topological polar surface area (TPSA) is 32.8 Å². The number of rotatable bonds is 1.